The van der Waals surface area contributed by atoms with Gasteiger partial charge >= 0.3 is 11.9 Å². The fraction of sp³-hybridized carbons (Fsp3) is 0.629. The van der Waals surface area contributed by atoms with E-state index in [1.165, 1.54) is 148 Å². The first kappa shape index (κ1) is 81.9. The van der Waals surface area contributed by atoms with Crippen molar-refractivity contribution in [3.63, 3.8) is 0 Å². The van der Waals surface area contributed by atoms with E-state index in [1.54, 1.807) is 10.6 Å². The number of nitrogens with two attached hydrogens (primary N) is 2. The Morgan fingerprint density at radius 1 is 0.415 bits per heavy atom. The zero-order valence-corrected chi connectivity index (χ0v) is 67.8. The third-order valence-corrected chi connectivity index (χ3v) is 28.9. The van der Waals surface area contributed by atoms with E-state index in [1.807, 2.05) is 81.9 Å². The summed E-state index contributed by atoms with van der Waals surface area (Å²) >= 11 is 0. The molecule has 29 nitrogen and oxygen atoms in total. The summed E-state index contributed by atoms with van der Waals surface area (Å²) in [6.07, 6.45) is 41.9. The summed E-state index contributed by atoms with van der Waals surface area (Å²) in [6, 6.07) is 28.8. The quantitative estimate of drug-likeness (QED) is 0.0350. The Labute approximate surface area is 686 Å². The van der Waals surface area contributed by atoms with Crippen LogP contribution in [0.2, 0.25) is 0 Å². The number of fused-ring (bicyclic) bond motifs is 15. The Hall–Kier alpha value is -9.79. The van der Waals surface area contributed by atoms with Crippen molar-refractivity contribution in [1.82, 2.24) is 48.7 Å². The van der Waals surface area contributed by atoms with Crippen LogP contribution >= 0.6 is 0 Å². The minimum absolute atomic E-state index is 0.00340. The minimum atomic E-state index is -1.43. The van der Waals surface area contributed by atoms with Gasteiger partial charge in [0, 0.05) is 79.5 Å². The van der Waals surface area contributed by atoms with Crippen LogP contribution in [0.25, 0.3) is 33.1 Å². The normalized spacial score (nSPS) is 31.0. The molecule has 0 spiro atoms. The van der Waals surface area contributed by atoms with Crippen LogP contribution in [0.3, 0.4) is 0 Å². The van der Waals surface area contributed by atoms with Gasteiger partial charge in [0.05, 0.1) is 33.1 Å². The molecule has 9 heterocycles. The highest BCUT2D eigenvalue weighted by Gasteiger charge is 2.50. The lowest BCUT2D eigenvalue weighted by Gasteiger charge is -2.55. The van der Waals surface area contributed by atoms with Gasteiger partial charge < -0.3 is 55.2 Å². The average molecular weight is 1620 g/mol. The van der Waals surface area contributed by atoms with E-state index >= 15 is 0 Å². The molecule has 12 bridgehead atoms. The van der Waals surface area contributed by atoms with Gasteiger partial charge in [-0.2, -0.15) is 5.26 Å². The van der Waals surface area contributed by atoms with Gasteiger partial charge in [-0.3, -0.25) is 43.5 Å². The Bertz CT molecular complexity index is 4990. The standard InChI is InChI=1S/C30H40N6O4.C30H39N5O5.C29H35N5O4/c31-26(37)17-40-34-27(29(32)38)28-30(39)36(25-11-4-3-10-24(25)33-28)23-15-20-8-5-9-21(16-23)35(20)22-13-18-6-1-2-7-19(12-18)14-22;1-31-26(36)17-40-33-28(30(38)39)27-29(37)35(25-11-3-2-10-24(25)32-27)23-15-20-8-5-9-21(16-23)34(20)22-13-18-6-4-7-19(12-18)14-22;30-16-25(32-38-17-27(35)36)28-29(37)34(26-10-2-1-9-24(26)31-28)23-14-20-7-4-8-21(15-23)33(20)22-12-18-5-3-6-19(11-18)13-22/h3-4,10-11,18-23H,1-2,5-9,12-17H2,(H2,31,37)(H2,32,38);2-3,10-11,18-23H,4-9,12-17H2,1H3,(H,31,36)(H,38,39);1-2,9-10,18-23H,3-8,11-15,17H2,(H,35,36)/b34-27-;33-28-;32-25+. The Morgan fingerprint density at radius 2 is 0.737 bits per heavy atom. The van der Waals surface area contributed by atoms with Crippen molar-refractivity contribution in [2.45, 2.75) is 291 Å². The van der Waals surface area contributed by atoms with Crippen LogP contribution in [0.4, 0.5) is 0 Å². The van der Waals surface area contributed by atoms with E-state index < -0.39 is 72.0 Å². The monoisotopic (exact) mass is 1610 g/mol. The summed E-state index contributed by atoms with van der Waals surface area (Å²) in [5, 5.41) is 41.9. The first-order valence-electron chi connectivity index (χ1n) is 43.9. The molecule has 6 aliphatic heterocycles. The lowest BCUT2D eigenvalue weighted by Crippen LogP contribution is -2.58. The zero-order chi connectivity index (χ0) is 81.8. The number of nitrogens with one attached hydrogen (secondary N) is 1. The molecular weight excluding hydrogens is 1500 g/mol. The number of benzene rings is 3. The number of carboxylic acid groups (broad SMARTS) is 2. The number of para-hydroxylation sites is 6. The molecule has 0 radical (unpaired) electrons. The Balaban J connectivity index is 0.000000132. The molecule has 12 atom stereocenters. The summed E-state index contributed by atoms with van der Waals surface area (Å²) in [6.45, 7) is -1.69. The van der Waals surface area contributed by atoms with Crippen molar-refractivity contribution in [2.24, 2.45) is 62.4 Å². The molecule has 18 rings (SSSR count). The van der Waals surface area contributed by atoms with E-state index in [0.29, 0.717) is 76.4 Å². The van der Waals surface area contributed by atoms with E-state index in [4.69, 9.17) is 31.1 Å². The number of carbonyl (C=O) groups excluding carboxylic acids is 3. The van der Waals surface area contributed by atoms with Gasteiger partial charge in [0.25, 0.3) is 34.4 Å². The highest BCUT2D eigenvalue weighted by molar-refractivity contribution is 6.44. The highest BCUT2D eigenvalue weighted by Crippen LogP contribution is 2.52. The number of nitrogens with zero attached hydrogens (tertiary/aromatic N) is 13. The van der Waals surface area contributed by atoms with Crippen molar-refractivity contribution in [3.8, 4) is 6.07 Å². The number of hydrogen-bond acceptors (Lipinski definition) is 21. The second kappa shape index (κ2) is 36.4. The molecule has 118 heavy (non-hydrogen) atoms. The SMILES string of the molecule is CNC(=O)CO/N=C(\C(=O)O)c1nc2ccccc2n(C2CC3CCCC(C2)N3C2CC3CCCC(C3)C2)c1=O.N#C/C(=N\OCC(=O)O)c1nc2ccccc2n(C2CC3CCCC(C2)N3C2CC3CCCC(C3)C2)c1=O.NC(=O)CO/N=C(\C(N)=O)c1nc2ccccc2n(C2CC3CCCC(C2)N3C2CC3CCCCC(C3)C2)c1=O. The lowest BCUT2D eigenvalue weighted by atomic mass is 9.68. The second-order valence-electron chi connectivity index (χ2n) is 36.2. The topological polar surface area (TPSA) is 393 Å². The molecule has 12 unspecified atom stereocenters. The van der Waals surface area contributed by atoms with Gasteiger partial charge in [-0.1, -0.05) is 135 Å². The van der Waals surface area contributed by atoms with E-state index in [9.17, 15) is 48.7 Å². The van der Waals surface area contributed by atoms with Crippen molar-refractivity contribution in [2.75, 3.05) is 26.9 Å². The summed E-state index contributed by atoms with van der Waals surface area (Å²) in [7, 11) is 1.44. The van der Waals surface area contributed by atoms with Crippen LogP contribution in [0.15, 0.2) is 103 Å². The molecule has 6 saturated heterocycles. The smallest absolute Gasteiger partial charge is 0.360 e. The number of carbonyl (C=O) groups is 5. The van der Waals surface area contributed by atoms with Crippen LogP contribution in [-0.2, 0) is 38.5 Å². The van der Waals surface area contributed by atoms with E-state index in [2.05, 4.69) is 50.4 Å². The van der Waals surface area contributed by atoms with E-state index in [-0.39, 0.29) is 46.5 Å². The number of rotatable bonds is 20. The molecule has 3 amide bonds. The molecule has 3 aromatic carbocycles. The largest absolute Gasteiger partial charge is 0.479 e. The summed E-state index contributed by atoms with van der Waals surface area (Å²) < 4.78 is 5.42. The van der Waals surface area contributed by atoms with Crippen LogP contribution in [0.1, 0.15) is 254 Å². The number of piperidine rings is 6. The maximum Gasteiger partial charge on any atom is 0.360 e. The van der Waals surface area contributed by atoms with Crippen LogP contribution in [0.5, 0.6) is 0 Å². The average Bonchev–Trinajstić information content (AvgIpc) is 0.764. The molecule has 3 aromatic heterocycles. The van der Waals surface area contributed by atoms with Gasteiger partial charge in [-0.05, 0) is 207 Å². The van der Waals surface area contributed by atoms with Crippen molar-refractivity contribution >= 4 is 79.9 Å². The lowest BCUT2D eigenvalue weighted by molar-refractivity contribution is -0.142. The maximum absolute atomic E-state index is 14.0. The number of aliphatic carboxylic acids is 2. The molecular formula is C89H114N16O13. The van der Waals surface area contributed by atoms with Crippen molar-refractivity contribution in [3.05, 3.63) is 121 Å². The molecule has 6 aliphatic carbocycles. The molecule has 7 N–H and O–H groups in total. The number of nitriles is 1. The minimum Gasteiger partial charge on any atom is -0.479 e. The predicted octanol–water partition coefficient (Wildman–Crippen LogP) is 10.7. The fourth-order valence-electron chi connectivity index (χ4n) is 24.6. The summed E-state index contributed by atoms with van der Waals surface area (Å²) in [5.74, 6) is 0.400. The van der Waals surface area contributed by atoms with Gasteiger partial charge in [0.15, 0.2) is 36.0 Å². The fourth-order valence-corrected chi connectivity index (χ4v) is 24.6. The van der Waals surface area contributed by atoms with Gasteiger partial charge in [-0.15, -0.1) is 0 Å². The maximum atomic E-state index is 14.0. The zero-order valence-electron chi connectivity index (χ0n) is 67.8. The number of primary amides is 2. The van der Waals surface area contributed by atoms with Gasteiger partial charge in [0.2, 0.25) is 18.0 Å². The molecule has 6 saturated carbocycles. The summed E-state index contributed by atoms with van der Waals surface area (Å²) in [5.41, 5.74) is 11.5. The number of carboxylic acids is 2. The molecule has 628 valence electrons. The number of amides is 3. The first-order chi connectivity index (χ1) is 57.3. The Morgan fingerprint density at radius 3 is 1.08 bits per heavy atom. The number of likely N-dealkylation sites (N-methyl/N-ethyl adjacent to an activating group) is 1. The Kier molecular flexibility index (Phi) is 25.3. The third kappa shape index (κ3) is 17.6. The summed E-state index contributed by atoms with van der Waals surface area (Å²) in [4.78, 5) is 137. The molecule has 29 heteroatoms. The van der Waals surface area contributed by atoms with Gasteiger partial charge in [0.1, 0.15) is 6.07 Å². The third-order valence-electron chi connectivity index (χ3n) is 28.9. The molecule has 6 aromatic rings. The van der Waals surface area contributed by atoms with E-state index in [0.717, 1.165) is 124 Å². The number of oxime groups is 3. The highest BCUT2D eigenvalue weighted by atomic mass is 16.6. The predicted molar refractivity (Wildman–Crippen MR) is 443 cm³/mol. The van der Waals surface area contributed by atoms with Crippen LogP contribution < -0.4 is 33.5 Å². The first-order valence-corrected chi connectivity index (χ1v) is 43.9. The number of hydrogen-bond donors (Lipinski definition) is 5. The van der Waals surface area contributed by atoms with Gasteiger partial charge in [-0.25, -0.2) is 24.5 Å². The van der Waals surface area contributed by atoms with Crippen LogP contribution in [0, 0.1) is 46.8 Å². The second-order valence-corrected chi connectivity index (χ2v) is 36.2. The van der Waals surface area contributed by atoms with Crippen molar-refractivity contribution < 1.29 is 48.7 Å². The molecule has 12 aliphatic rings. The number of aromatic nitrogens is 6. The molecule has 12 fully saturated rings. The van der Waals surface area contributed by atoms with Crippen molar-refractivity contribution in [1.29, 1.82) is 5.26 Å². The van der Waals surface area contributed by atoms with Crippen LogP contribution in [-0.4, -0.2) is 182 Å².